The number of ether oxygens (including phenoxy) is 1. The minimum atomic E-state index is -5.19. The molecule has 25 heavy (non-hydrogen) atoms. The van der Waals surface area contributed by atoms with Crippen molar-refractivity contribution in [2.75, 3.05) is 6.61 Å². The molecule has 0 saturated heterocycles. The van der Waals surface area contributed by atoms with Crippen LogP contribution in [-0.2, 0) is 14.0 Å². The first-order valence-corrected chi connectivity index (χ1v) is 10.6. The molecule has 0 amide bonds. The highest BCUT2D eigenvalue weighted by Crippen LogP contribution is 2.45. The van der Waals surface area contributed by atoms with E-state index >= 15 is 0 Å². The van der Waals surface area contributed by atoms with Crippen LogP contribution in [0.3, 0.4) is 0 Å². The molecule has 0 aliphatic heterocycles. The molecule has 1 atom stereocenters. The van der Waals surface area contributed by atoms with Gasteiger partial charge in [0.25, 0.3) is 13.9 Å². The largest absolute Gasteiger partial charge is 0.546 e. The zero-order valence-electron chi connectivity index (χ0n) is 16.2. The quantitative estimate of drug-likeness (QED) is 0.348. The fourth-order valence-electron chi connectivity index (χ4n) is 3.46. The summed E-state index contributed by atoms with van der Waals surface area (Å²) < 4.78 is 50.4. The van der Waals surface area contributed by atoms with E-state index in [1.54, 1.807) is 0 Å². The second-order valence-corrected chi connectivity index (χ2v) is 12.6. The summed E-state index contributed by atoms with van der Waals surface area (Å²) >= 11 is 0. The molecule has 8 heteroatoms. The summed E-state index contributed by atoms with van der Waals surface area (Å²) in [4.78, 5) is 11.7. The molecule has 0 heterocycles. The van der Waals surface area contributed by atoms with E-state index in [1.807, 2.05) is 41.5 Å². The van der Waals surface area contributed by atoms with Crippen molar-refractivity contribution in [2.24, 2.45) is 0 Å². The van der Waals surface area contributed by atoms with Gasteiger partial charge in [-0.25, -0.2) is 4.79 Å². The summed E-state index contributed by atoms with van der Waals surface area (Å²) in [6.45, 7) is 16.5. The van der Waals surface area contributed by atoms with E-state index in [9.17, 15) is 23.1 Å². The number of hydrogen-bond donors (Lipinski definition) is 1. The van der Waals surface area contributed by atoms with Gasteiger partial charge in [0.05, 0.1) is 18.8 Å². The van der Waals surface area contributed by atoms with Gasteiger partial charge in [-0.3, -0.25) is 0 Å². The van der Waals surface area contributed by atoms with Gasteiger partial charge in [0, 0.05) is 0 Å². The van der Waals surface area contributed by atoms with E-state index in [4.69, 9.17) is 4.43 Å². The molecule has 1 N–H and O–H groups in total. The van der Waals surface area contributed by atoms with Crippen molar-refractivity contribution in [1.29, 1.82) is 0 Å². The summed E-state index contributed by atoms with van der Waals surface area (Å²) in [5.41, 5.74) is -3.31. The van der Waals surface area contributed by atoms with Crippen LogP contribution in [0.2, 0.25) is 16.6 Å². The molecule has 0 saturated carbocycles. The van der Waals surface area contributed by atoms with Crippen LogP contribution in [0.5, 0.6) is 0 Å². The number of rotatable bonds is 9. The first-order chi connectivity index (χ1) is 11.2. The molecular formula is C17H31F3O4Si. The normalized spacial score (nSPS) is 15.4. The Morgan fingerprint density at radius 3 is 1.76 bits per heavy atom. The molecule has 0 aromatic heterocycles. The molecule has 0 aromatic carbocycles. The Morgan fingerprint density at radius 1 is 1.08 bits per heavy atom. The zero-order chi connectivity index (χ0) is 20.2. The first-order valence-electron chi connectivity index (χ1n) is 8.49. The number of halogens is 3. The monoisotopic (exact) mass is 384 g/mol. The highest BCUT2D eigenvalue weighted by molar-refractivity contribution is 6.77. The van der Waals surface area contributed by atoms with Crippen molar-refractivity contribution < 1.29 is 32.2 Å². The van der Waals surface area contributed by atoms with E-state index in [0.717, 1.165) is 0 Å². The van der Waals surface area contributed by atoms with Crippen molar-refractivity contribution in [3.8, 4) is 0 Å². The van der Waals surface area contributed by atoms with Gasteiger partial charge in [-0.2, -0.15) is 13.2 Å². The predicted molar refractivity (Wildman–Crippen MR) is 93.5 cm³/mol. The van der Waals surface area contributed by atoms with Gasteiger partial charge in [-0.1, -0.05) is 48.1 Å². The lowest BCUT2D eigenvalue weighted by Gasteiger charge is -2.43. The number of alkyl halides is 3. The van der Waals surface area contributed by atoms with Crippen LogP contribution in [0.4, 0.5) is 13.2 Å². The Balaban J connectivity index is 5.68. The van der Waals surface area contributed by atoms with Crippen LogP contribution >= 0.6 is 0 Å². The molecule has 0 fully saturated rings. The number of aliphatic hydroxyl groups is 1. The smallest absolute Gasteiger partial charge is 0.428 e. The van der Waals surface area contributed by atoms with Crippen molar-refractivity contribution in [2.45, 2.75) is 83.3 Å². The average molecular weight is 385 g/mol. The third kappa shape index (κ3) is 5.00. The maximum atomic E-state index is 13.3. The fraction of sp³-hybridized carbons (Fsp3) is 0.824. The van der Waals surface area contributed by atoms with Gasteiger partial charge in [-0.05, 0) is 23.5 Å². The highest BCUT2D eigenvalue weighted by atomic mass is 28.4. The van der Waals surface area contributed by atoms with Crippen LogP contribution in [0.25, 0.3) is 0 Å². The average Bonchev–Trinajstić information content (AvgIpc) is 2.42. The number of hydrogen-bond acceptors (Lipinski definition) is 4. The van der Waals surface area contributed by atoms with Gasteiger partial charge in [0.2, 0.25) is 0 Å². The SMILES string of the molecule is C=C(C[C@@](O)(C(=O)OCC)C(F)(F)F)O[Si](C(C)C)(C(C)C)C(C)C. The number of carbonyl (C=O) groups excluding carboxylic acids is 1. The van der Waals surface area contributed by atoms with Crippen LogP contribution < -0.4 is 0 Å². The predicted octanol–water partition coefficient (Wildman–Crippen LogP) is 4.94. The summed E-state index contributed by atoms with van der Waals surface area (Å²) in [5.74, 6) is -1.98. The Bertz CT molecular complexity index is 453. The van der Waals surface area contributed by atoms with E-state index < -0.39 is 32.5 Å². The lowest BCUT2D eigenvalue weighted by atomic mass is 9.98. The topological polar surface area (TPSA) is 55.8 Å². The van der Waals surface area contributed by atoms with Gasteiger partial charge < -0.3 is 14.3 Å². The van der Waals surface area contributed by atoms with Crippen LogP contribution in [0, 0.1) is 0 Å². The lowest BCUT2D eigenvalue weighted by molar-refractivity contribution is -0.263. The molecule has 0 aliphatic carbocycles. The van der Waals surface area contributed by atoms with Gasteiger partial charge in [-0.15, -0.1) is 0 Å². The van der Waals surface area contributed by atoms with Gasteiger partial charge in [0.15, 0.2) is 0 Å². The Morgan fingerprint density at radius 2 is 1.48 bits per heavy atom. The maximum Gasteiger partial charge on any atom is 0.428 e. The number of esters is 1. The molecular weight excluding hydrogens is 353 g/mol. The third-order valence-corrected chi connectivity index (χ3v) is 10.6. The Kier molecular flexibility index (Phi) is 8.22. The lowest BCUT2D eigenvalue weighted by Crippen LogP contribution is -2.54. The molecule has 4 nitrogen and oxygen atoms in total. The molecule has 0 aliphatic rings. The molecule has 0 bridgehead atoms. The Labute approximate surface area is 149 Å². The van der Waals surface area contributed by atoms with Crippen molar-refractivity contribution >= 4 is 14.3 Å². The Hall–Kier alpha value is -1.02. The molecule has 0 radical (unpaired) electrons. The van der Waals surface area contributed by atoms with Crippen molar-refractivity contribution in [1.82, 2.24) is 0 Å². The molecule has 0 rings (SSSR count). The van der Waals surface area contributed by atoms with Crippen LogP contribution in [0.1, 0.15) is 54.9 Å². The molecule has 0 spiro atoms. The summed E-state index contributed by atoms with van der Waals surface area (Å²) in [7, 11) is -2.53. The fourth-order valence-corrected chi connectivity index (χ4v) is 8.74. The molecule has 0 aromatic rings. The second kappa shape index (κ2) is 8.57. The summed E-state index contributed by atoms with van der Waals surface area (Å²) in [5, 5.41) is 10.0. The van der Waals surface area contributed by atoms with Gasteiger partial charge in [0.1, 0.15) is 0 Å². The van der Waals surface area contributed by atoms with Crippen LogP contribution in [-0.4, -0.2) is 37.8 Å². The molecule has 148 valence electrons. The highest BCUT2D eigenvalue weighted by Gasteiger charge is 2.61. The van der Waals surface area contributed by atoms with E-state index in [2.05, 4.69) is 11.3 Å². The maximum absolute atomic E-state index is 13.3. The minimum Gasteiger partial charge on any atom is -0.546 e. The van der Waals surface area contributed by atoms with Crippen LogP contribution in [0.15, 0.2) is 12.3 Å². The third-order valence-electron chi connectivity index (χ3n) is 4.56. The minimum absolute atomic E-state index is 0.117. The van der Waals surface area contributed by atoms with E-state index in [1.165, 1.54) is 6.92 Å². The van der Waals surface area contributed by atoms with E-state index in [-0.39, 0.29) is 29.0 Å². The van der Waals surface area contributed by atoms with Gasteiger partial charge >= 0.3 is 12.1 Å². The van der Waals surface area contributed by atoms with Crippen molar-refractivity contribution in [3.05, 3.63) is 12.3 Å². The number of carbonyl (C=O) groups is 1. The first kappa shape index (κ1) is 24.0. The summed E-state index contributed by atoms with van der Waals surface area (Å²) in [6, 6.07) is 0. The molecule has 0 unspecified atom stereocenters. The summed E-state index contributed by atoms with van der Waals surface area (Å²) in [6.07, 6.45) is -6.26. The zero-order valence-corrected chi connectivity index (χ0v) is 17.2. The second-order valence-electron chi connectivity index (χ2n) is 7.21. The standard InChI is InChI=1S/C17H31F3O4Si/c1-9-23-15(21)16(22,17(18,19)20)10-14(8)24-25(11(2)3,12(4)5)13(6)7/h11-13,22H,8-10H2,1-7H3/t16-/m1/s1. The van der Waals surface area contributed by atoms with Crippen molar-refractivity contribution in [3.63, 3.8) is 0 Å². The van der Waals surface area contributed by atoms with E-state index in [0.29, 0.717) is 0 Å².